The highest BCUT2D eigenvalue weighted by atomic mass is 79.9. The maximum Gasteiger partial charge on any atom is 0.259 e. The average molecular weight is 448 g/mol. The Balaban J connectivity index is 1.88. The second kappa shape index (κ2) is 7.06. The standard InChI is InChI=1S/C16H13BrCl2N2O2S/c17-12-4-6-13(7-5-12)24(22,23)21-9-1-2-16(20-21)11-3-8-14(18)15(19)10-11/h2-8,10,20H,1,9H2. The van der Waals surface area contributed by atoms with E-state index in [-0.39, 0.29) is 4.90 Å². The highest BCUT2D eigenvalue weighted by Crippen LogP contribution is 2.28. The summed E-state index contributed by atoms with van der Waals surface area (Å²) in [6.07, 6.45) is 2.53. The van der Waals surface area contributed by atoms with Gasteiger partial charge < -0.3 is 5.43 Å². The summed E-state index contributed by atoms with van der Waals surface area (Å²) >= 11 is 15.3. The first-order valence-corrected chi connectivity index (χ1v) is 10.1. The highest BCUT2D eigenvalue weighted by Gasteiger charge is 2.27. The second-order valence-corrected chi connectivity index (χ2v) is 8.77. The summed E-state index contributed by atoms with van der Waals surface area (Å²) in [5.41, 5.74) is 4.42. The minimum atomic E-state index is -3.64. The van der Waals surface area contributed by atoms with Crippen molar-refractivity contribution in [2.45, 2.75) is 11.3 Å². The molecule has 1 N–H and O–H groups in total. The number of hydrogen-bond acceptors (Lipinski definition) is 3. The van der Waals surface area contributed by atoms with Gasteiger partial charge in [0.1, 0.15) is 0 Å². The van der Waals surface area contributed by atoms with Gasteiger partial charge >= 0.3 is 0 Å². The zero-order valence-electron chi connectivity index (χ0n) is 12.3. The molecule has 1 heterocycles. The van der Waals surface area contributed by atoms with Crippen LogP contribution in [-0.2, 0) is 10.0 Å². The highest BCUT2D eigenvalue weighted by molar-refractivity contribution is 9.10. The minimum absolute atomic E-state index is 0.230. The van der Waals surface area contributed by atoms with Gasteiger partial charge in [0.2, 0.25) is 0 Å². The maximum atomic E-state index is 12.8. The van der Waals surface area contributed by atoms with Crippen LogP contribution in [0.4, 0.5) is 0 Å². The van der Waals surface area contributed by atoms with Crippen molar-refractivity contribution in [3.63, 3.8) is 0 Å². The van der Waals surface area contributed by atoms with E-state index < -0.39 is 10.0 Å². The monoisotopic (exact) mass is 446 g/mol. The fourth-order valence-electron chi connectivity index (χ4n) is 2.32. The molecule has 0 aromatic heterocycles. The predicted molar refractivity (Wildman–Crippen MR) is 100 cm³/mol. The van der Waals surface area contributed by atoms with Crippen molar-refractivity contribution in [2.75, 3.05) is 6.54 Å². The number of rotatable bonds is 3. The van der Waals surface area contributed by atoms with Crippen LogP contribution in [0.2, 0.25) is 10.0 Å². The molecule has 1 aliphatic rings. The lowest BCUT2D eigenvalue weighted by Crippen LogP contribution is -2.44. The molecule has 0 saturated heterocycles. The molecule has 0 bridgehead atoms. The van der Waals surface area contributed by atoms with Crippen LogP contribution in [0, 0.1) is 0 Å². The summed E-state index contributed by atoms with van der Waals surface area (Å²) in [6, 6.07) is 11.7. The fraction of sp³-hybridized carbons (Fsp3) is 0.125. The van der Waals surface area contributed by atoms with Crippen LogP contribution in [0.3, 0.4) is 0 Å². The number of hydrazine groups is 1. The normalized spacial score (nSPS) is 15.7. The van der Waals surface area contributed by atoms with Gasteiger partial charge in [0.15, 0.2) is 0 Å². The summed E-state index contributed by atoms with van der Waals surface area (Å²) < 4.78 is 27.6. The van der Waals surface area contributed by atoms with E-state index in [9.17, 15) is 8.42 Å². The van der Waals surface area contributed by atoms with Crippen molar-refractivity contribution in [3.8, 4) is 0 Å². The van der Waals surface area contributed by atoms with Gasteiger partial charge in [0, 0.05) is 16.6 Å². The van der Waals surface area contributed by atoms with E-state index in [1.54, 1.807) is 42.5 Å². The first-order valence-electron chi connectivity index (χ1n) is 7.08. The molecule has 0 aliphatic carbocycles. The van der Waals surface area contributed by atoms with E-state index in [0.717, 1.165) is 10.0 Å². The molecule has 1 aliphatic heterocycles. The number of benzene rings is 2. The van der Waals surface area contributed by atoms with Gasteiger partial charge in [-0.05, 0) is 42.8 Å². The van der Waals surface area contributed by atoms with Crippen molar-refractivity contribution in [1.82, 2.24) is 9.84 Å². The molecule has 2 aromatic carbocycles. The van der Waals surface area contributed by atoms with Gasteiger partial charge in [-0.3, -0.25) is 0 Å². The molecule has 0 amide bonds. The van der Waals surface area contributed by atoms with E-state index >= 15 is 0 Å². The molecule has 8 heteroatoms. The molecular weight excluding hydrogens is 435 g/mol. The third kappa shape index (κ3) is 3.63. The van der Waals surface area contributed by atoms with Gasteiger partial charge in [-0.2, -0.15) is 0 Å². The van der Waals surface area contributed by atoms with Crippen molar-refractivity contribution >= 4 is 54.9 Å². The number of sulfonamides is 1. The van der Waals surface area contributed by atoms with Gasteiger partial charge in [-0.1, -0.05) is 51.3 Å². The molecule has 0 fully saturated rings. The Labute approximate surface area is 159 Å². The van der Waals surface area contributed by atoms with E-state index in [4.69, 9.17) is 23.2 Å². The van der Waals surface area contributed by atoms with Crippen LogP contribution in [-0.4, -0.2) is 19.4 Å². The maximum absolute atomic E-state index is 12.8. The molecule has 2 aromatic rings. The third-order valence-electron chi connectivity index (χ3n) is 3.56. The van der Waals surface area contributed by atoms with Crippen LogP contribution in [0.1, 0.15) is 12.0 Å². The van der Waals surface area contributed by atoms with Crippen LogP contribution < -0.4 is 5.43 Å². The lowest BCUT2D eigenvalue weighted by atomic mass is 10.1. The molecule has 4 nitrogen and oxygen atoms in total. The molecule has 0 radical (unpaired) electrons. The first-order chi connectivity index (χ1) is 11.4. The van der Waals surface area contributed by atoms with Crippen molar-refractivity contribution in [2.24, 2.45) is 0 Å². The SMILES string of the molecule is O=S(=O)(c1ccc(Br)cc1)N1CCC=C(c2ccc(Cl)c(Cl)c2)N1. The molecule has 0 atom stereocenters. The van der Waals surface area contributed by atoms with Gasteiger partial charge in [-0.25, -0.2) is 8.42 Å². The number of nitrogens with zero attached hydrogens (tertiary/aromatic N) is 1. The lowest BCUT2D eigenvalue weighted by molar-refractivity contribution is 0.363. The predicted octanol–water partition coefficient (Wildman–Crippen LogP) is 4.70. The minimum Gasteiger partial charge on any atom is -0.305 e. The molecule has 0 saturated carbocycles. The van der Waals surface area contributed by atoms with Crippen LogP contribution >= 0.6 is 39.1 Å². The number of hydrogen-bond donors (Lipinski definition) is 1. The third-order valence-corrected chi connectivity index (χ3v) is 6.55. The fourth-order valence-corrected chi connectivity index (χ4v) is 4.18. The smallest absolute Gasteiger partial charge is 0.259 e. The Bertz CT molecular complexity index is 899. The quantitative estimate of drug-likeness (QED) is 0.741. The summed E-state index contributed by atoms with van der Waals surface area (Å²) in [7, 11) is -3.64. The van der Waals surface area contributed by atoms with Crippen molar-refractivity contribution in [3.05, 3.63) is 68.6 Å². The van der Waals surface area contributed by atoms with Crippen LogP contribution in [0.5, 0.6) is 0 Å². The topological polar surface area (TPSA) is 49.4 Å². The lowest BCUT2D eigenvalue weighted by Gasteiger charge is -2.28. The van der Waals surface area contributed by atoms with Crippen molar-refractivity contribution < 1.29 is 8.42 Å². The Morgan fingerprint density at radius 3 is 2.42 bits per heavy atom. The zero-order valence-corrected chi connectivity index (χ0v) is 16.3. The van der Waals surface area contributed by atoms with Gasteiger partial charge in [0.05, 0.1) is 20.6 Å². The number of halogens is 3. The Kier molecular flexibility index (Phi) is 5.22. The number of nitrogens with one attached hydrogen (secondary N) is 1. The summed E-state index contributed by atoms with van der Waals surface area (Å²) in [5, 5.41) is 0.876. The van der Waals surface area contributed by atoms with E-state index in [0.29, 0.717) is 28.7 Å². The largest absolute Gasteiger partial charge is 0.305 e. The molecule has 3 rings (SSSR count). The molecule has 24 heavy (non-hydrogen) atoms. The summed E-state index contributed by atoms with van der Waals surface area (Å²) in [6.45, 7) is 0.350. The van der Waals surface area contributed by atoms with Crippen molar-refractivity contribution in [1.29, 1.82) is 0 Å². The molecule has 0 spiro atoms. The zero-order chi connectivity index (χ0) is 17.3. The average Bonchev–Trinajstić information content (AvgIpc) is 2.58. The van der Waals surface area contributed by atoms with Crippen LogP contribution in [0.15, 0.2) is 57.9 Å². The van der Waals surface area contributed by atoms with Gasteiger partial charge in [0.25, 0.3) is 10.0 Å². The molecule has 0 unspecified atom stereocenters. The van der Waals surface area contributed by atoms with E-state index in [1.165, 1.54) is 4.41 Å². The van der Waals surface area contributed by atoms with E-state index in [1.807, 2.05) is 6.08 Å². The Morgan fingerprint density at radius 1 is 1.04 bits per heavy atom. The first kappa shape index (κ1) is 17.8. The summed E-state index contributed by atoms with van der Waals surface area (Å²) in [5.74, 6) is 0. The van der Waals surface area contributed by atoms with E-state index in [2.05, 4.69) is 21.4 Å². The van der Waals surface area contributed by atoms with Crippen LogP contribution in [0.25, 0.3) is 5.70 Å². The Hall–Kier alpha value is -1.05. The van der Waals surface area contributed by atoms with Gasteiger partial charge in [-0.15, -0.1) is 4.41 Å². The molecular formula is C16H13BrCl2N2O2S. The Morgan fingerprint density at radius 2 is 1.75 bits per heavy atom. The second-order valence-electron chi connectivity index (χ2n) is 5.18. The molecule has 126 valence electrons. The summed E-state index contributed by atoms with van der Waals surface area (Å²) in [4.78, 5) is 0.230.